The molecule has 1 aromatic carbocycles. The van der Waals surface area contributed by atoms with Crippen LogP contribution < -0.4 is 20.1 Å². The van der Waals surface area contributed by atoms with Crippen LogP contribution in [-0.4, -0.2) is 70.0 Å². The third-order valence-corrected chi connectivity index (χ3v) is 5.46. The van der Waals surface area contributed by atoms with E-state index in [0.717, 1.165) is 68.6 Å². The topological polar surface area (TPSA) is 67.4 Å². The summed E-state index contributed by atoms with van der Waals surface area (Å²) in [5.74, 6) is 2.40. The molecular weight excluding hydrogens is 368 g/mol. The number of hydrogen-bond donors (Lipinski definition) is 2. The smallest absolute Gasteiger partial charge is 0.191 e. The molecule has 1 atom stereocenters. The third-order valence-electron chi connectivity index (χ3n) is 5.46. The van der Waals surface area contributed by atoms with Gasteiger partial charge in [0, 0.05) is 31.7 Å². The second-order valence-electron chi connectivity index (χ2n) is 7.80. The van der Waals surface area contributed by atoms with Crippen molar-refractivity contribution < 1.29 is 14.2 Å². The molecule has 0 amide bonds. The van der Waals surface area contributed by atoms with Crippen molar-refractivity contribution in [2.75, 3.05) is 46.9 Å². The van der Waals surface area contributed by atoms with Crippen LogP contribution in [0, 0.1) is 0 Å². The fourth-order valence-corrected chi connectivity index (χ4v) is 3.86. The van der Waals surface area contributed by atoms with E-state index >= 15 is 0 Å². The molecule has 7 nitrogen and oxygen atoms in total. The number of para-hydroxylation sites is 1. The Hall–Kier alpha value is -1.99. The van der Waals surface area contributed by atoms with Gasteiger partial charge in [-0.2, -0.15) is 0 Å². The maximum atomic E-state index is 6.33. The zero-order valence-electron chi connectivity index (χ0n) is 18.1. The van der Waals surface area contributed by atoms with Gasteiger partial charge in [-0.05, 0) is 45.7 Å². The van der Waals surface area contributed by atoms with Crippen molar-refractivity contribution in [2.45, 2.75) is 51.4 Å². The van der Waals surface area contributed by atoms with E-state index in [1.54, 1.807) is 7.11 Å². The fraction of sp³-hybridized carbons (Fsp3) is 0.682. The number of morpholine rings is 1. The molecule has 1 aliphatic heterocycles. The highest BCUT2D eigenvalue weighted by Crippen LogP contribution is 2.35. The van der Waals surface area contributed by atoms with Gasteiger partial charge < -0.3 is 29.7 Å². The van der Waals surface area contributed by atoms with Crippen LogP contribution >= 0.6 is 0 Å². The molecule has 29 heavy (non-hydrogen) atoms. The molecule has 162 valence electrons. The van der Waals surface area contributed by atoms with Crippen LogP contribution in [0.5, 0.6) is 11.5 Å². The van der Waals surface area contributed by atoms with Crippen LogP contribution in [0.3, 0.4) is 0 Å². The Morgan fingerprint density at radius 3 is 2.83 bits per heavy atom. The number of benzene rings is 1. The molecule has 1 heterocycles. The second kappa shape index (κ2) is 11.3. The molecule has 1 unspecified atom stereocenters. The molecule has 1 saturated carbocycles. The van der Waals surface area contributed by atoms with Crippen molar-refractivity contribution in [3.8, 4) is 11.5 Å². The lowest BCUT2D eigenvalue weighted by Crippen LogP contribution is -2.48. The van der Waals surface area contributed by atoms with Crippen LogP contribution in [-0.2, 0) is 11.3 Å². The summed E-state index contributed by atoms with van der Waals surface area (Å²) < 4.78 is 17.7. The first-order valence-electron chi connectivity index (χ1n) is 10.8. The van der Waals surface area contributed by atoms with Crippen LogP contribution in [0.1, 0.15) is 38.2 Å². The van der Waals surface area contributed by atoms with Crippen molar-refractivity contribution in [3.63, 3.8) is 0 Å². The highest BCUT2D eigenvalue weighted by atomic mass is 16.5. The minimum Gasteiger partial charge on any atom is -0.493 e. The van der Waals surface area contributed by atoms with Gasteiger partial charge in [0.15, 0.2) is 17.5 Å². The zero-order chi connectivity index (χ0) is 20.5. The molecule has 1 saturated heterocycles. The maximum Gasteiger partial charge on any atom is 0.191 e. The van der Waals surface area contributed by atoms with E-state index in [9.17, 15) is 0 Å². The summed E-state index contributed by atoms with van der Waals surface area (Å²) in [4.78, 5) is 7.08. The standard InChI is InChI=1S/C22H36N4O3/c1-4-23-22(25-15-19-16-26(2)12-13-28-19)24-14-17-8-7-11-20(27-3)21(17)29-18-9-5-6-10-18/h7-8,11,18-19H,4-6,9-10,12-16H2,1-3H3,(H2,23,24,25). The normalized spacial score (nSPS) is 21.2. The van der Waals surface area contributed by atoms with Gasteiger partial charge in [0.2, 0.25) is 0 Å². The Balaban J connectivity index is 1.66. The molecule has 7 heteroatoms. The quantitative estimate of drug-likeness (QED) is 0.512. The monoisotopic (exact) mass is 404 g/mol. The summed E-state index contributed by atoms with van der Waals surface area (Å²) in [6.07, 6.45) is 5.15. The van der Waals surface area contributed by atoms with E-state index in [4.69, 9.17) is 19.2 Å². The molecule has 0 spiro atoms. The Morgan fingerprint density at radius 2 is 2.10 bits per heavy atom. The summed E-state index contributed by atoms with van der Waals surface area (Å²) in [7, 11) is 3.82. The molecule has 1 aliphatic carbocycles. The Morgan fingerprint density at radius 1 is 1.28 bits per heavy atom. The van der Waals surface area contributed by atoms with Crippen molar-refractivity contribution in [3.05, 3.63) is 23.8 Å². The number of nitrogens with one attached hydrogen (secondary N) is 2. The minimum absolute atomic E-state index is 0.177. The molecule has 1 aromatic rings. The first-order valence-corrected chi connectivity index (χ1v) is 10.8. The molecule has 2 N–H and O–H groups in total. The number of methoxy groups -OCH3 is 1. The number of ether oxygens (including phenoxy) is 3. The number of aliphatic imine (C=N–C) groups is 1. The van der Waals surface area contributed by atoms with Gasteiger partial charge in [0.25, 0.3) is 0 Å². The number of nitrogens with zero attached hydrogens (tertiary/aromatic N) is 2. The highest BCUT2D eigenvalue weighted by Gasteiger charge is 2.21. The lowest BCUT2D eigenvalue weighted by Gasteiger charge is -2.30. The van der Waals surface area contributed by atoms with Gasteiger partial charge in [0.05, 0.1) is 32.5 Å². The van der Waals surface area contributed by atoms with Crippen molar-refractivity contribution in [2.24, 2.45) is 4.99 Å². The maximum absolute atomic E-state index is 6.33. The first kappa shape index (κ1) is 21.7. The zero-order valence-corrected chi connectivity index (χ0v) is 18.1. The molecule has 2 aliphatic rings. The van der Waals surface area contributed by atoms with Crippen molar-refractivity contribution >= 4 is 5.96 Å². The summed E-state index contributed by atoms with van der Waals surface area (Å²) >= 11 is 0. The molecular formula is C22H36N4O3. The predicted octanol–water partition coefficient (Wildman–Crippen LogP) is 2.40. The Labute approximate surface area is 174 Å². The number of likely N-dealkylation sites (N-methyl/N-ethyl adjacent to an activating group) is 1. The molecule has 0 aromatic heterocycles. The van der Waals surface area contributed by atoms with Gasteiger partial charge in [-0.25, -0.2) is 4.99 Å². The number of hydrogen-bond acceptors (Lipinski definition) is 5. The SMILES string of the molecule is CCNC(=NCc1cccc(OC)c1OC1CCCC1)NCC1CN(C)CCO1. The van der Waals surface area contributed by atoms with Gasteiger partial charge in [-0.1, -0.05) is 12.1 Å². The van der Waals surface area contributed by atoms with Crippen molar-refractivity contribution in [1.29, 1.82) is 0 Å². The average Bonchev–Trinajstić information content (AvgIpc) is 3.24. The molecule has 3 rings (SSSR count). The van der Waals surface area contributed by atoms with E-state index < -0.39 is 0 Å². The Kier molecular flexibility index (Phi) is 8.43. The van der Waals surface area contributed by atoms with Crippen LogP contribution in [0.15, 0.2) is 23.2 Å². The average molecular weight is 405 g/mol. The van der Waals surface area contributed by atoms with E-state index in [0.29, 0.717) is 6.54 Å². The fourth-order valence-electron chi connectivity index (χ4n) is 3.86. The molecule has 0 bridgehead atoms. The first-order chi connectivity index (χ1) is 14.2. The highest BCUT2D eigenvalue weighted by molar-refractivity contribution is 5.79. The summed E-state index contributed by atoms with van der Waals surface area (Å²) in [5.41, 5.74) is 1.04. The van der Waals surface area contributed by atoms with Crippen LogP contribution in [0.25, 0.3) is 0 Å². The number of rotatable bonds is 8. The third kappa shape index (κ3) is 6.51. The van der Waals surface area contributed by atoms with E-state index in [1.165, 1.54) is 12.8 Å². The summed E-state index contributed by atoms with van der Waals surface area (Å²) in [6.45, 7) is 6.84. The van der Waals surface area contributed by atoms with Gasteiger partial charge in [-0.3, -0.25) is 0 Å². The van der Waals surface area contributed by atoms with Crippen molar-refractivity contribution in [1.82, 2.24) is 15.5 Å². The summed E-state index contributed by atoms with van der Waals surface area (Å²) in [6, 6.07) is 6.02. The number of guanidine groups is 1. The largest absolute Gasteiger partial charge is 0.493 e. The lowest BCUT2D eigenvalue weighted by atomic mass is 10.1. The summed E-state index contributed by atoms with van der Waals surface area (Å²) in [5, 5.41) is 6.74. The van der Waals surface area contributed by atoms with E-state index in [-0.39, 0.29) is 12.2 Å². The minimum atomic E-state index is 0.177. The molecule has 0 radical (unpaired) electrons. The van der Waals surface area contributed by atoms with Gasteiger partial charge in [-0.15, -0.1) is 0 Å². The second-order valence-corrected chi connectivity index (χ2v) is 7.80. The van der Waals surface area contributed by atoms with E-state index in [2.05, 4.69) is 35.6 Å². The van der Waals surface area contributed by atoms with Crippen LogP contribution in [0.2, 0.25) is 0 Å². The lowest BCUT2D eigenvalue weighted by molar-refractivity contribution is -0.0161. The van der Waals surface area contributed by atoms with Gasteiger partial charge in [0.1, 0.15) is 0 Å². The van der Waals surface area contributed by atoms with Gasteiger partial charge >= 0.3 is 0 Å². The van der Waals surface area contributed by atoms with E-state index in [1.807, 2.05) is 12.1 Å². The Bertz CT molecular complexity index is 661. The van der Waals surface area contributed by atoms with Crippen LogP contribution in [0.4, 0.5) is 0 Å². The molecule has 2 fully saturated rings. The predicted molar refractivity (Wildman–Crippen MR) is 116 cm³/mol.